The number of hydrogen-bond acceptors (Lipinski definition) is 4. The summed E-state index contributed by atoms with van der Waals surface area (Å²) >= 11 is 0. The van der Waals surface area contributed by atoms with Gasteiger partial charge in [-0.25, -0.2) is 19.2 Å². The number of carbonyl (C=O) groups is 4. The van der Waals surface area contributed by atoms with Crippen LogP contribution in [-0.2, 0) is 25.7 Å². The highest BCUT2D eigenvalue weighted by Gasteiger charge is 2.34. The van der Waals surface area contributed by atoms with Gasteiger partial charge in [-0.2, -0.15) is 0 Å². The van der Waals surface area contributed by atoms with Gasteiger partial charge in [0.2, 0.25) is 0 Å². The molecule has 0 radical (unpaired) electrons. The molecular weight excluding hydrogens is 392 g/mol. The molecule has 0 fully saturated rings. The lowest BCUT2D eigenvalue weighted by Crippen LogP contribution is -2.20. The lowest BCUT2D eigenvalue weighted by molar-refractivity contribution is 0.0673. The van der Waals surface area contributed by atoms with Crippen LogP contribution in [0.2, 0.25) is 0 Å². The smallest absolute Gasteiger partial charge is 0.336 e. The fraction of sp³-hybridized carbons (Fsp3) is 0.364. The topological polar surface area (TPSA) is 149 Å². The van der Waals surface area contributed by atoms with E-state index in [-0.39, 0.29) is 81.0 Å². The SMILES string of the molecule is CCc1c(CC)c(C(=O)O)c2c(C(=O)O)c(CC)c(CC)c(C(=O)O)c2c1C(=O)O. The molecule has 0 saturated heterocycles. The fourth-order valence-corrected chi connectivity index (χ4v) is 4.46. The van der Waals surface area contributed by atoms with E-state index in [2.05, 4.69) is 0 Å². The molecule has 0 atom stereocenters. The van der Waals surface area contributed by atoms with Crippen LogP contribution in [0.15, 0.2) is 0 Å². The minimum absolute atomic E-state index is 0.152. The molecule has 0 saturated carbocycles. The second-order valence-electron chi connectivity index (χ2n) is 6.80. The molecule has 0 aliphatic heterocycles. The third-order valence-corrected chi connectivity index (χ3v) is 5.46. The van der Waals surface area contributed by atoms with Crippen molar-refractivity contribution >= 4 is 34.6 Å². The Morgan fingerprint density at radius 1 is 0.467 bits per heavy atom. The highest BCUT2D eigenvalue weighted by molar-refractivity contribution is 6.24. The Balaban J connectivity index is 3.60. The van der Waals surface area contributed by atoms with Crippen molar-refractivity contribution in [2.45, 2.75) is 53.4 Å². The summed E-state index contributed by atoms with van der Waals surface area (Å²) in [7, 11) is 0. The number of carboxylic acids is 4. The Hall–Kier alpha value is -3.42. The Bertz CT molecular complexity index is 926. The normalized spacial score (nSPS) is 10.9. The van der Waals surface area contributed by atoms with E-state index >= 15 is 0 Å². The average molecular weight is 416 g/mol. The first-order valence-electron chi connectivity index (χ1n) is 9.70. The molecule has 0 heterocycles. The summed E-state index contributed by atoms with van der Waals surface area (Å²) in [5.74, 6) is -5.69. The molecule has 0 aromatic heterocycles. The molecule has 8 heteroatoms. The van der Waals surface area contributed by atoms with Crippen molar-refractivity contribution in [1.29, 1.82) is 0 Å². The van der Waals surface area contributed by atoms with E-state index in [4.69, 9.17) is 0 Å². The van der Waals surface area contributed by atoms with Crippen LogP contribution in [0.1, 0.15) is 91.4 Å². The van der Waals surface area contributed by atoms with Crippen LogP contribution in [0.3, 0.4) is 0 Å². The zero-order valence-electron chi connectivity index (χ0n) is 17.3. The maximum Gasteiger partial charge on any atom is 0.336 e. The van der Waals surface area contributed by atoms with Gasteiger partial charge in [-0.1, -0.05) is 27.7 Å². The summed E-state index contributed by atoms with van der Waals surface area (Å²) in [6.45, 7) is 6.60. The first-order valence-corrected chi connectivity index (χ1v) is 9.70. The van der Waals surface area contributed by atoms with Crippen molar-refractivity contribution in [2.75, 3.05) is 0 Å². The molecule has 0 bridgehead atoms. The standard InChI is InChI=1S/C22H24O8/c1-5-9-10(6-2)14(20(25)26)18-16(22(29)30)12(8-4)11(7-3)15(21(27)28)17(18)13(9)19(23)24/h5-8H2,1-4H3,(H,23,24)(H,25,26)(H,27,28)(H,29,30). The number of hydrogen-bond donors (Lipinski definition) is 4. The Kier molecular flexibility index (Phi) is 6.50. The Labute approximate surface area is 172 Å². The van der Waals surface area contributed by atoms with Crippen LogP contribution in [-0.4, -0.2) is 44.3 Å². The molecule has 0 unspecified atom stereocenters. The number of carboxylic acid groups (broad SMARTS) is 4. The second-order valence-corrected chi connectivity index (χ2v) is 6.80. The zero-order valence-corrected chi connectivity index (χ0v) is 17.3. The third kappa shape index (κ3) is 3.28. The number of benzene rings is 2. The van der Waals surface area contributed by atoms with E-state index in [9.17, 15) is 39.6 Å². The van der Waals surface area contributed by atoms with Crippen LogP contribution in [0, 0.1) is 0 Å². The van der Waals surface area contributed by atoms with Gasteiger partial charge < -0.3 is 20.4 Å². The van der Waals surface area contributed by atoms with Crippen molar-refractivity contribution in [2.24, 2.45) is 0 Å². The quantitative estimate of drug-likeness (QED) is 0.506. The van der Waals surface area contributed by atoms with E-state index in [1.54, 1.807) is 27.7 Å². The molecule has 160 valence electrons. The predicted octanol–water partition coefficient (Wildman–Crippen LogP) is 3.88. The van der Waals surface area contributed by atoms with Gasteiger partial charge >= 0.3 is 23.9 Å². The van der Waals surface area contributed by atoms with Gasteiger partial charge in [0.25, 0.3) is 0 Å². The van der Waals surface area contributed by atoms with Gasteiger partial charge in [-0.3, -0.25) is 0 Å². The van der Waals surface area contributed by atoms with Crippen molar-refractivity contribution in [1.82, 2.24) is 0 Å². The van der Waals surface area contributed by atoms with Crippen molar-refractivity contribution in [3.63, 3.8) is 0 Å². The molecular formula is C22H24O8. The minimum atomic E-state index is -1.42. The first-order chi connectivity index (χ1) is 14.1. The summed E-state index contributed by atoms with van der Waals surface area (Å²) in [4.78, 5) is 49.1. The highest BCUT2D eigenvalue weighted by atomic mass is 16.4. The van der Waals surface area contributed by atoms with Crippen molar-refractivity contribution in [3.05, 3.63) is 44.5 Å². The maximum atomic E-state index is 12.3. The summed E-state index contributed by atoms with van der Waals surface area (Å²) in [6, 6.07) is 0. The number of fused-ring (bicyclic) bond motifs is 1. The second kappa shape index (κ2) is 8.52. The van der Waals surface area contributed by atoms with Crippen LogP contribution >= 0.6 is 0 Å². The predicted molar refractivity (Wildman–Crippen MR) is 109 cm³/mol. The van der Waals surface area contributed by atoms with E-state index in [1.807, 2.05) is 0 Å². The monoisotopic (exact) mass is 416 g/mol. The Morgan fingerprint density at radius 3 is 0.733 bits per heavy atom. The summed E-state index contributed by atoms with van der Waals surface area (Å²) in [5.41, 5.74) is -0.531. The van der Waals surface area contributed by atoms with Gasteiger partial charge in [-0.15, -0.1) is 0 Å². The number of rotatable bonds is 8. The zero-order chi connectivity index (χ0) is 22.9. The van der Waals surface area contributed by atoms with Gasteiger partial charge in [0.15, 0.2) is 0 Å². The van der Waals surface area contributed by atoms with Crippen LogP contribution in [0.4, 0.5) is 0 Å². The van der Waals surface area contributed by atoms with E-state index in [0.29, 0.717) is 0 Å². The molecule has 2 aromatic carbocycles. The molecule has 0 amide bonds. The number of aromatic carboxylic acids is 4. The largest absolute Gasteiger partial charge is 0.478 e. The van der Waals surface area contributed by atoms with E-state index < -0.39 is 23.9 Å². The fourth-order valence-electron chi connectivity index (χ4n) is 4.46. The van der Waals surface area contributed by atoms with Gasteiger partial charge in [-0.05, 0) is 47.9 Å². The van der Waals surface area contributed by atoms with Gasteiger partial charge in [0.1, 0.15) is 0 Å². The molecule has 8 nitrogen and oxygen atoms in total. The van der Waals surface area contributed by atoms with E-state index in [0.717, 1.165) is 0 Å². The van der Waals surface area contributed by atoms with Crippen LogP contribution in [0.5, 0.6) is 0 Å². The average Bonchev–Trinajstić information content (AvgIpc) is 2.68. The lowest BCUT2D eigenvalue weighted by atomic mass is 9.78. The molecule has 0 aliphatic rings. The molecule has 0 spiro atoms. The van der Waals surface area contributed by atoms with Crippen molar-refractivity contribution in [3.8, 4) is 0 Å². The minimum Gasteiger partial charge on any atom is -0.478 e. The van der Waals surface area contributed by atoms with Gasteiger partial charge in [0.05, 0.1) is 22.3 Å². The van der Waals surface area contributed by atoms with Gasteiger partial charge in [0, 0.05) is 10.8 Å². The first kappa shape index (κ1) is 22.9. The maximum absolute atomic E-state index is 12.3. The summed E-state index contributed by atoms with van der Waals surface area (Å²) < 4.78 is 0. The molecule has 0 aliphatic carbocycles. The third-order valence-electron chi connectivity index (χ3n) is 5.46. The van der Waals surface area contributed by atoms with Crippen LogP contribution in [0.25, 0.3) is 10.8 Å². The summed E-state index contributed by atoms with van der Waals surface area (Å²) in [5, 5.41) is 39.3. The molecule has 4 N–H and O–H groups in total. The summed E-state index contributed by atoms with van der Waals surface area (Å²) in [6.07, 6.45) is 0.609. The molecule has 2 rings (SSSR count). The van der Waals surface area contributed by atoms with E-state index in [1.165, 1.54) is 0 Å². The molecule has 2 aromatic rings. The van der Waals surface area contributed by atoms with Crippen molar-refractivity contribution < 1.29 is 39.6 Å². The Morgan fingerprint density at radius 2 is 0.633 bits per heavy atom. The van der Waals surface area contributed by atoms with Crippen LogP contribution < -0.4 is 0 Å². The molecule has 30 heavy (non-hydrogen) atoms. The highest BCUT2D eigenvalue weighted by Crippen LogP contribution is 2.40. The lowest BCUT2D eigenvalue weighted by Gasteiger charge is -2.24.